The minimum Gasteiger partial charge on any atom is -0.381 e. The number of hydrogen-bond donors (Lipinski definition) is 2. The maximum atomic E-state index is 12.6. The SMILES string of the molecule is CCNc1cc(NCc2cccc(C(F)(F)F)c2)ccn1. The van der Waals surface area contributed by atoms with Crippen molar-refractivity contribution in [3.05, 3.63) is 53.7 Å². The highest BCUT2D eigenvalue weighted by Gasteiger charge is 2.30. The van der Waals surface area contributed by atoms with Crippen LogP contribution in [0.5, 0.6) is 0 Å². The number of nitrogens with zero attached hydrogens (tertiary/aromatic N) is 1. The van der Waals surface area contributed by atoms with Crippen LogP contribution in [-0.2, 0) is 12.7 Å². The van der Waals surface area contributed by atoms with Gasteiger partial charge in [0.2, 0.25) is 0 Å². The average molecular weight is 295 g/mol. The zero-order valence-corrected chi connectivity index (χ0v) is 11.5. The van der Waals surface area contributed by atoms with E-state index in [-0.39, 0.29) is 0 Å². The van der Waals surface area contributed by atoms with Gasteiger partial charge in [-0.2, -0.15) is 13.2 Å². The first-order chi connectivity index (χ1) is 9.99. The molecule has 2 rings (SSSR count). The van der Waals surface area contributed by atoms with E-state index in [1.165, 1.54) is 6.07 Å². The fourth-order valence-electron chi connectivity index (χ4n) is 1.88. The van der Waals surface area contributed by atoms with Crippen LogP contribution >= 0.6 is 0 Å². The van der Waals surface area contributed by atoms with Crippen molar-refractivity contribution < 1.29 is 13.2 Å². The Labute approximate surface area is 121 Å². The highest BCUT2D eigenvalue weighted by molar-refractivity contribution is 5.52. The van der Waals surface area contributed by atoms with Gasteiger partial charge in [-0.3, -0.25) is 0 Å². The Hall–Kier alpha value is -2.24. The number of nitrogens with one attached hydrogen (secondary N) is 2. The van der Waals surface area contributed by atoms with Crippen LogP contribution in [0.4, 0.5) is 24.7 Å². The molecule has 0 aliphatic carbocycles. The molecule has 1 heterocycles. The second kappa shape index (κ2) is 6.47. The topological polar surface area (TPSA) is 37.0 Å². The van der Waals surface area contributed by atoms with Crippen LogP contribution in [0.1, 0.15) is 18.1 Å². The largest absolute Gasteiger partial charge is 0.416 e. The minimum absolute atomic E-state index is 0.319. The van der Waals surface area contributed by atoms with Gasteiger partial charge in [0.15, 0.2) is 0 Å². The number of rotatable bonds is 5. The second-order valence-corrected chi connectivity index (χ2v) is 4.51. The number of aromatic nitrogens is 1. The summed E-state index contributed by atoms with van der Waals surface area (Å²) < 4.78 is 37.9. The molecule has 0 amide bonds. The summed E-state index contributed by atoms with van der Waals surface area (Å²) in [6, 6.07) is 8.88. The van der Waals surface area contributed by atoms with E-state index in [1.807, 2.05) is 13.0 Å². The van der Waals surface area contributed by atoms with Crippen molar-refractivity contribution in [3.63, 3.8) is 0 Å². The fraction of sp³-hybridized carbons (Fsp3) is 0.267. The van der Waals surface area contributed by atoms with Gasteiger partial charge in [-0.1, -0.05) is 12.1 Å². The number of alkyl halides is 3. The summed E-state index contributed by atoms with van der Waals surface area (Å²) in [5.41, 5.74) is 0.745. The van der Waals surface area contributed by atoms with Gasteiger partial charge in [0.05, 0.1) is 5.56 Å². The predicted octanol–water partition coefficient (Wildman–Crippen LogP) is 4.14. The van der Waals surface area contributed by atoms with Crippen LogP contribution in [-0.4, -0.2) is 11.5 Å². The summed E-state index contributed by atoms with van der Waals surface area (Å²) in [5, 5.41) is 6.17. The van der Waals surface area contributed by atoms with Crippen molar-refractivity contribution in [2.75, 3.05) is 17.2 Å². The molecule has 2 aromatic rings. The molecule has 21 heavy (non-hydrogen) atoms. The van der Waals surface area contributed by atoms with Crippen LogP contribution in [0.2, 0.25) is 0 Å². The molecule has 112 valence electrons. The summed E-state index contributed by atoms with van der Waals surface area (Å²) in [4.78, 5) is 4.13. The number of pyridine rings is 1. The third-order valence-electron chi connectivity index (χ3n) is 2.87. The van der Waals surface area contributed by atoms with Crippen LogP contribution in [0.3, 0.4) is 0 Å². The van der Waals surface area contributed by atoms with E-state index in [0.29, 0.717) is 12.1 Å². The maximum Gasteiger partial charge on any atom is 0.416 e. The van der Waals surface area contributed by atoms with Crippen molar-refractivity contribution >= 4 is 11.5 Å². The van der Waals surface area contributed by atoms with Crippen LogP contribution < -0.4 is 10.6 Å². The molecule has 0 fully saturated rings. The van der Waals surface area contributed by atoms with Gasteiger partial charge in [-0.05, 0) is 30.7 Å². The third-order valence-corrected chi connectivity index (χ3v) is 2.87. The quantitative estimate of drug-likeness (QED) is 0.870. The molecule has 6 heteroatoms. The van der Waals surface area contributed by atoms with Crippen LogP contribution in [0.25, 0.3) is 0 Å². The predicted molar refractivity (Wildman–Crippen MR) is 77.2 cm³/mol. The summed E-state index contributed by atoms with van der Waals surface area (Å²) in [6.07, 6.45) is -2.67. The highest BCUT2D eigenvalue weighted by Crippen LogP contribution is 2.29. The third kappa shape index (κ3) is 4.37. The maximum absolute atomic E-state index is 12.6. The lowest BCUT2D eigenvalue weighted by Crippen LogP contribution is -2.07. The van der Waals surface area contributed by atoms with Gasteiger partial charge >= 0.3 is 6.18 Å². The molecular formula is C15H16F3N3. The Morgan fingerprint density at radius 2 is 1.90 bits per heavy atom. The first-order valence-corrected chi connectivity index (χ1v) is 6.59. The Bertz CT molecular complexity index is 597. The molecular weight excluding hydrogens is 279 g/mol. The number of benzene rings is 1. The number of hydrogen-bond acceptors (Lipinski definition) is 3. The second-order valence-electron chi connectivity index (χ2n) is 4.51. The molecule has 1 aromatic heterocycles. The number of halogens is 3. The molecule has 0 aliphatic rings. The highest BCUT2D eigenvalue weighted by atomic mass is 19.4. The van der Waals surface area contributed by atoms with E-state index in [0.717, 1.165) is 30.2 Å². The summed E-state index contributed by atoms with van der Waals surface area (Å²) in [7, 11) is 0. The van der Waals surface area contributed by atoms with E-state index in [9.17, 15) is 13.2 Å². The van der Waals surface area contributed by atoms with Crippen molar-refractivity contribution in [3.8, 4) is 0 Å². The van der Waals surface area contributed by atoms with Crippen molar-refractivity contribution in [1.82, 2.24) is 4.98 Å². The van der Waals surface area contributed by atoms with Crippen LogP contribution in [0.15, 0.2) is 42.6 Å². The smallest absolute Gasteiger partial charge is 0.381 e. The summed E-state index contributed by atoms with van der Waals surface area (Å²) in [6.45, 7) is 3.04. The molecule has 0 saturated carbocycles. The average Bonchev–Trinajstić information content (AvgIpc) is 2.45. The normalized spacial score (nSPS) is 11.2. The van der Waals surface area contributed by atoms with Gasteiger partial charge in [0.1, 0.15) is 5.82 Å². The lowest BCUT2D eigenvalue weighted by Gasteiger charge is -2.11. The Balaban J connectivity index is 2.04. The molecule has 0 saturated heterocycles. The van der Waals surface area contributed by atoms with E-state index in [1.54, 1.807) is 18.3 Å². The van der Waals surface area contributed by atoms with Gasteiger partial charge in [-0.15, -0.1) is 0 Å². The molecule has 0 atom stereocenters. The first kappa shape index (κ1) is 15.2. The first-order valence-electron chi connectivity index (χ1n) is 6.59. The zero-order valence-electron chi connectivity index (χ0n) is 11.5. The zero-order chi connectivity index (χ0) is 15.3. The molecule has 0 bridgehead atoms. The lowest BCUT2D eigenvalue weighted by molar-refractivity contribution is -0.137. The van der Waals surface area contributed by atoms with E-state index in [4.69, 9.17) is 0 Å². The lowest BCUT2D eigenvalue weighted by atomic mass is 10.1. The Morgan fingerprint density at radius 1 is 1.10 bits per heavy atom. The molecule has 1 aromatic carbocycles. The van der Waals surface area contributed by atoms with Crippen molar-refractivity contribution in [2.45, 2.75) is 19.6 Å². The van der Waals surface area contributed by atoms with Gasteiger partial charge in [-0.25, -0.2) is 4.98 Å². The minimum atomic E-state index is -4.31. The molecule has 0 unspecified atom stereocenters. The Kier molecular flexibility index (Phi) is 4.67. The van der Waals surface area contributed by atoms with E-state index >= 15 is 0 Å². The van der Waals surface area contributed by atoms with E-state index in [2.05, 4.69) is 15.6 Å². The standard InChI is InChI=1S/C15H16F3N3/c1-2-19-14-9-13(6-7-20-14)21-10-11-4-3-5-12(8-11)15(16,17)18/h3-9H,2,10H2,1H3,(H2,19,20,21). The molecule has 0 radical (unpaired) electrons. The van der Waals surface area contributed by atoms with Gasteiger partial charge in [0, 0.05) is 31.0 Å². The molecule has 2 N–H and O–H groups in total. The monoisotopic (exact) mass is 295 g/mol. The van der Waals surface area contributed by atoms with Gasteiger partial charge < -0.3 is 10.6 Å². The van der Waals surface area contributed by atoms with Crippen molar-refractivity contribution in [1.29, 1.82) is 0 Å². The van der Waals surface area contributed by atoms with Gasteiger partial charge in [0.25, 0.3) is 0 Å². The van der Waals surface area contributed by atoms with Crippen LogP contribution in [0, 0.1) is 0 Å². The molecule has 0 spiro atoms. The molecule has 3 nitrogen and oxygen atoms in total. The summed E-state index contributed by atoms with van der Waals surface area (Å²) >= 11 is 0. The molecule has 0 aliphatic heterocycles. The fourth-order valence-corrected chi connectivity index (χ4v) is 1.88. The van der Waals surface area contributed by atoms with Crippen molar-refractivity contribution in [2.24, 2.45) is 0 Å². The summed E-state index contributed by atoms with van der Waals surface area (Å²) in [5.74, 6) is 0.728. The Morgan fingerprint density at radius 3 is 2.62 bits per heavy atom. The van der Waals surface area contributed by atoms with E-state index < -0.39 is 11.7 Å². The number of anilines is 2.